The number of carbonyl (C=O) groups is 2. The van der Waals surface area contributed by atoms with Crippen LogP contribution in [0, 0.1) is 6.92 Å². The van der Waals surface area contributed by atoms with Crippen LogP contribution in [0.3, 0.4) is 0 Å². The van der Waals surface area contributed by atoms with Gasteiger partial charge in [-0.15, -0.1) is 0 Å². The molecule has 0 spiro atoms. The van der Waals surface area contributed by atoms with Gasteiger partial charge in [-0.3, -0.25) is 4.79 Å². The molecular weight excluding hydrogens is 420 g/mol. The second-order valence-electron chi connectivity index (χ2n) is 7.38. The predicted molar refractivity (Wildman–Crippen MR) is 119 cm³/mol. The average molecular weight is 447 g/mol. The first kappa shape index (κ1) is 22.9. The molecule has 7 nitrogen and oxygen atoms in total. The predicted octanol–water partition coefficient (Wildman–Crippen LogP) is 4.04. The Morgan fingerprint density at radius 1 is 1.23 bits per heavy atom. The van der Waals surface area contributed by atoms with E-state index in [1.165, 1.54) is 6.07 Å². The highest BCUT2D eigenvalue weighted by molar-refractivity contribution is 6.31. The molecule has 0 saturated heterocycles. The number of hydrogen-bond donors (Lipinski definition) is 1. The van der Waals surface area contributed by atoms with Crippen molar-refractivity contribution in [2.75, 3.05) is 25.2 Å². The average Bonchev–Trinajstić information content (AvgIpc) is 2.74. The minimum atomic E-state index is -0.794. The topological polar surface area (TPSA) is 91.1 Å². The number of nitrogens with zero attached hydrogens (tertiary/aromatic N) is 1. The van der Waals surface area contributed by atoms with Crippen molar-refractivity contribution in [1.29, 1.82) is 0 Å². The summed E-state index contributed by atoms with van der Waals surface area (Å²) in [6.07, 6.45) is 1.22. The fourth-order valence-corrected chi connectivity index (χ4v) is 4.07. The quantitative estimate of drug-likeness (QED) is 0.532. The Morgan fingerprint density at radius 3 is 2.68 bits per heavy atom. The van der Waals surface area contributed by atoms with Crippen molar-refractivity contribution in [3.63, 3.8) is 0 Å². The van der Waals surface area contributed by atoms with E-state index in [2.05, 4.69) is 0 Å². The van der Waals surface area contributed by atoms with E-state index >= 15 is 0 Å². The second kappa shape index (κ2) is 10.0. The lowest BCUT2D eigenvalue weighted by Crippen LogP contribution is -2.47. The Hall–Kier alpha value is -2.77. The van der Waals surface area contributed by atoms with Gasteiger partial charge in [0.15, 0.2) is 0 Å². The minimum absolute atomic E-state index is 0.159. The number of rotatable bonds is 6. The second-order valence-corrected chi connectivity index (χ2v) is 7.79. The number of nitrogens with two attached hydrogens (primary N) is 1. The molecule has 0 saturated carbocycles. The van der Waals surface area contributed by atoms with Crippen LogP contribution in [0.2, 0.25) is 5.02 Å². The van der Waals surface area contributed by atoms with Crippen LogP contribution in [-0.4, -0.2) is 38.4 Å². The number of hydrogen-bond acceptors (Lipinski definition) is 6. The zero-order chi connectivity index (χ0) is 22.5. The molecule has 2 aromatic rings. The standard InChI is InChI=1S/C23H27ClN2O5/c1-4-30-23(28)31-17-10-14(2)18(19(24)12-17)13-20(25)22(27)26-9-5-6-15-11-16(29-3)7-8-21(15)26/h7-8,10-12,20H,4-6,9,13,25H2,1-3H3/t20-/m1/s1. The van der Waals surface area contributed by atoms with E-state index in [9.17, 15) is 9.59 Å². The van der Waals surface area contributed by atoms with Gasteiger partial charge in [-0.05, 0) is 80.1 Å². The Bertz CT molecular complexity index is 955. The van der Waals surface area contributed by atoms with E-state index < -0.39 is 12.2 Å². The number of aryl methyl sites for hydroxylation is 2. The maximum absolute atomic E-state index is 13.2. The fourth-order valence-electron chi connectivity index (χ4n) is 3.74. The number of benzene rings is 2. The van der Waals surface area contributed by atoms with Crippen LogP contribution in [0.15, 0.2) is 30.3 Å². The third-order valence-electron chi connectivity index (χ3n) is 5.27. The molecule has 1 aliphatic rings. The number of amides is 1. The first-order valence-electron chi connectivity index (χ1n) is 10.2. The van der Waals surface area contributed by atoms with Gasteiger partial charge in [0, 0.05) is 17.3 Å². The highest BCUT2D eigenvalue weighted by atomic mass is 35.5. The van der Waals surface area contributed by atoms with E-state index in [4.69, 9.17) is 31.5 Å². The molecule has 0 fully saturated rings. The summed E-state index contributed by atoms with van der Waals surface area (Å²) in [4.78, 5) is 26.4. The lowest BCUT2D eigenvalue weighted by Gasteiger charge is -2.32. The van der Waals surface area contributed by atoms with Gasteiger partial charge in [0.1, 0.15) is 11.5 Å². The van der Waals surface area contributed by atoms with Crippen LogP contribution in [0.25, 0.3) is 0 Å². The molecule has 8 heteroatoms. The van der Waals surface area contributed by atoms with Crippen molar-refractivity contribution in [1.82, 2.24) is 0 Å². The lowest BCUT2D eigenvalue weighted by atomic mass is 9.97. The zero-order valence-corrected chi connectivity index (χ0v) is 18.7. The van der Waals surface area contributed by atoms with Gasteiger partial charge < -0.3 is 24.8 Å². The first-order valence-corrected chi connectivity index (χ1v) is 10.6. The number of ether oxygens (including phenoxy) is 3. The fraction of sp³-hybridized carbons (Fsp3) is 0.391. The van der Waals surface area contributed by atoms with Crippen molar-refractivity contribution in [2.24, 2.45) is 5.73 Å². The number of carbonyl (C=O) groups excluding carboxylic acids is 2. The monoisotopic (exact) mass is 446 g/mol. The van der Waals surface area contributed by atoms with Crippen molar-refractivity contribution in [3.05, 3.63) is 52.0 Å². The Labute approximate surface area is 187 Å². The normalized spacial score (nSPS) is 13.9. The highest BCUT2D eigenvalue weighted by Crippen LogP contribution is 2.32. The minimum Gasteiger partial charge on any atom is -0.497 e. The van der Waals surface area contributed by atoms with Gasteiger partial charge >= 0.3 is 6.16 Å². The van der Waals surface area contributed by atoms with Crippen LogP contribution in [0.4, 0.5) is 10.5 Å². The first-order chi connectivity index (χ1) is 14.8. The summed E-state index contributed by atoms with van der Waals surface area (Å²) in [7, 11) is 1.62. The van der Waals surface area contributed by atoms with Crippen molar-refractivity contribution < 1.29 is 23.8 Å². The van der Waals surface area contributed by atoms with Crippen LogP contribution in [0.1, 0.15) is 30.0 Å². The van der Waals surface area contributed by atoms with Crippen LogP contribution in [-0.2, 0) is 22.4 Å². The van der Waals surface area contributed by atoms with Crippen molar-refractivity contribution in [3.8, 4) is 11.5 Å². The third kappa shape index (κ3) is 5.29. The molecule has 3 rings (SSSR count). The molecule has 0 unspecified atom stereocenters. The molecule has 2 N–H and O–H groups in total. The molecule has 1 heterocycles. The van der Waals surface area contributed by atoms with Crippen LogP contribution < -0.4 is 20.1 Å². The molecule has 0 aromatic heterocycles. The summed E-state index contributed by atoms with van der Waals surface area (Å²) >= 11 is 6.42. The molecular formula is C23H27ClN2O5. The Kier molecular flexibility index (Phi) is 7.41. The third-order valence-corrected chi connectivity index (χ3v) is 5.61. The van der Waals surface area contributed by atoms with Gasteiger partial charge in [0.25, 0.3) is 0 Å². The van der Waals surface area contributed by atoms with E-state index in [1.807, 2.05) is 25.1 Å². The molecule has 0 aliphatic carbocycles. The summed E-state index contributed by atoms with van der Waals surface area (Å²) in [5.74, 6) is 0.891. The Balaban J connectivity index is 1.75. The molecule has 1 amide bonds. The molecule has 2 aromatic carbocycles. The van der Waals surface area contributed by atoms with E-state index in [-0.39, 0.29) is 24.7 Å². The van der Waals surface area contributed by atoms with Gasteiger partial charge in [0.2, 0.25) is 5.91 Å². The van der Waals surface area contributed by atoms with E-state index in [0.29, 0.717) is 11.6 Å². The summed E-state index contributed by atoms with van der Waals surface area (Å²) in [5, 5.41) is 0.381. The van der Waals surface area contributed by atoms with Crippen LogP contribution in [0.5, 0.6) is 11.5 Å². The summed E-state index contributed by atoms with van der Waals surface area (Å²) in [6, 6.07) is 8.15. The Morgan fingerprint density at radius 2 is 2.00 bits per heavy atom. The number of halogens is 1. The van der Waals surface area contributed by atoms with Crippen molar-refractivity contribution >= 4 is 29.4 Å². The number of fused-ring (bicyclic) bond motifs is 1. The van der Waals surface area contributed by atoms with E-state index in [1.54, 1.807) is 25.0 Å². The van der Waals surface area contributed by atoms with Gasteiger partial charge in [0.05, 0.1) is 19.8 Å². The van der Waals surface area contributed by atoms with Crippen LogP contribution >= 0.6 is 11.6 Å². The van der Waals surface area contributed by atoms with E-state index in [0.717, 1.165) is 41.0 Å². The van der Waals surface area contributed by atoms with Gasteiger partial charge in [-0.1, -0.05) is 11.6 Å². The molecule has 0 radical (unpaired) electrons. The van der Waals surface area contributed by atoms with Gasteiger partial charge in [-0.25, -0.2) is 4.79 Å². The van der Waals surface area contributed by atoms with Gasteiger partial charge in [-0.2, -0.15) is 0 Å². The maximum Gasteiger partial charge on any atom is 0.513 e. The summed E-state index contributed by atoms with van der Waals surface area (Å²) in [6.45, 7) is 4.36. The highest BCUT2D eigenvalue weighted by Gasteiger charge is 2.28. The largest absolute Gasteiger partial charge is 0.513 e. The molecule has 166 valence electrons. The molecule has 1 aliphatic heterocycles. The number of anilines is 1. The molecule has 0 bridgehead atoms. The molecule has 31 heavy (non-hydrogen) atoms. The SMILES string of the molecule is CCOC(=O)Oc1cc(C)c(C[C@@H](N)C(=O)N2CCCc3cc(OC)ccc32)c(Cl)c1. The summed E-state index contributed by atoms with van der Waals surface area (Å²) < 4.78 is 15.2. The smallest absolute Gasteiger partial charge is 0.497 e. The lowest BCUT2D eigenvalue weighted by molar-refractivity contribution is -0.119. The maximum atomic E-state index is 13.2. The van der Waals surface area contributed by atoms with Crippen molar-refractivity contribution in [2.45, 2.75) is 39.2 Å². The number of methoxy groups -OCH3 is 1. The zero-order valence-electron chi connectivity index (χ0n) is 17.9. The molecule has 1 atom stereocenters. The summed E-state index contributed by atoms with van der Waals surface area (Å²) in [5.41, 5.74) is 9.77.